The molecule has 0 bridgehead atoms. The Morgan fingerprint density at radius 1 is 1.25 bits per heavy atom. The molecule has 0 fully saturated rings. The fourth-order valence-electron chi connectivity index (χ4n) is 1.53. The first-order valence-electron chi connectivity index (χ1n) is 4.95. The monoisotopic (exact) mass is 228 g/mol. The minimum absolute atomic E-state index is 0.802. The molecule has 1 aromatic carbocycles. The molecular weight excluding hydrogens is 216 g/mol. The molecule has 0 aliphatic carbocycles. The van der Waals surface area contributed by atoms with Gasteiger partial charge in [0, 0.05) is 15.3 Å². The number of methoxy groups -OCH3 is 1. The van der Waals surface area contributed by atoms with E-state index in [2.05, 4.69) is 25.0 Å². The van der Waals surface area contributed by atoms with Crippen LogP contribution in [0.2, 0.25) is 0 Å². The average molecular weight is 228 g/mol. The molecule has 0 amide bonds. The van der Waals surface area contributed by atoms with Crippen LogP contribution in [0.15, 0.2) is 30.3 Å². The van der Waals surface area contributed by atoms with Crippen LogP contribution in [-0.2, 0) is 0 Å². The Bertz CT molecular complexity index is 546. The topological polar surface area (TPSA) is 9.23 Å². The van der Waals surface area contributed by atoms with Crippen LogP contribution >= 0.6 is 11.3 Å². The third kappa shape index (κ3) is 2.10. The third-order valence-corrected chi connectivity index (χ3v) is 3.38. The number of hydrogen-bond donors (Lipinski definition) is 0. The van der Waals surface area contributed by atoms with Crippen molar-refractivity contribution in [3.8, 4) is 28.5 Å². The fraction of sp³-hybridized carbons (Fsp3) is 0.143. The summed E-state index contributed by atoms with van der Waals surface area (Å²) in [5.41, 5.74) is 1.96. The van der Waals surface area contributed by atoms with Crippen molar-refractivity contribution in [3.05, 3.63) is 40.8 Å². The molecular formula is C14H12OS. The predicted molar refractivity (Wildman–Crippen MR) is 69.0 cm³/mol. The van der Waals surface area contributed by atoms with Gasteiger partial charge in [0.15, 0.2) is 0 Å². The summed E-state index contributed by atoms with van der Waals surface area (Å²) in [4.78, 5) is 2.51. The highest BCUT2D eigenvalue weighted by molar-refractivity contribution is 7.15. The molecule has 0 spiro atoms. The van der Waals surface area contributed by atoms with Gasteiger partial charge in [-0.15, -0.1) is 17.8 Å². The number of rotatable bonds is 2. The van der Waals surface area contributed by atoms with Crippen LogP contribution in [0.3, 0.4) is 0 Å². The highest BCUT2D eigenvalue weighted by atomic mass is 32.1. The van der Waals surface area contributed by atoms with Crippen molar-refractivity contribution in [2.45, 2.75) is 6.92 Å². The Kier molecular flexibility index (Phi) is 2.98. The SMILES string of the molecule is C#Cc1cc(OC)cc(-c2ccc(C)s2)c1. The maximum Gasteiger partial charge on any atom is 0.120 e. The Morgan fingerprint density at radius 3 is 2.62 bits per heavy atom. The lowest BCUT2D eigenvalue weighted by Crippen LogP contribution is -1.85. The molecule has 1 heterocycles. The summed E-state index contributed by atoms with van der Waals surface area (Å²) in [7, 11) is 1.65. The maximum atomic E-state index is 5.42. The maximum absolute atomic E-state index is 5.42. The number of aryl methyl sites for hydroxylation is 1. The average Bonchev–Trinajstić information content (AvgIpc) is 2.75. The summed E-state index contributed by atoms with van der Waals surface area (Å²) < 4.78 is 5.23. The van der Waals surface area contributed by atoms with Crippen LogP contribution < -0.4 is 4.74 Å². The van der Waals surface area contributed by atoms with Gasteiger partial charge in [-0.05, 0) is 42.8 Å². The minimum atomic E-state index is 0.802. The van der Waals surface area contributed by atoms with Crippen molar-refractivity contribution in [1.82, 2.24) is 0 Å². The van der Waals surface area contributed by atoms with E-state index in [-0.39, 0.29) is 0 Å². The molecule has 2 rings (SSSR count). The quantitative estimate of drug-likeness (QED) is 0.712. The Hall–Kier alpha value is -1.72. The first-order chi connectivity index (χ1) is 7.72. The summed E-state index contributed by atoms with van der Waals surface area (Å²) >= 11 is 1.76. The zero-order chi connectivity index (χ0) is 11.5. The van der Waals surface area contributed by atoms with Gasteiger partial charge in [-0.1, -0.05) is 5.92 Å². The van der Waals surface area contributed by atoms with Gasteiger partial charge in [0.2, 0.25) is 0 Å². The first kappa shape index (κ1) is 10.8. The Labute approximate surface area is 99.7 Å². The molecule has 0 unspecified atom stereocenters. The van der Waals surface area contributed by atoms with Crippen molar-refractivity contribution in [2.75, 3.05) is 7.11 Å². The van der Waals surface area contributed by atoms with E-state index < -0.39 is 0 Å². The van der Waals surface area contributed by atoms with E-state index in [1.165, 1.54) is 9.75 Å². The molecule has 0 aliphatic heterocycles. The molecule has 0 radical (unpaired) electrons. The zero-order valence-electron chi connectivity index (χ0n) is 9.28. The second-order valence-corrected chi connectivity index (χ2v) is 4.79. The molecule has 0 atom stereocenters. The van der Waals surface area contributed by atoms with Gasteiger partial charge in [-0.2, -0.15) is 0 Å². The van der Waals surface area contributed by atoms with Gasteiger partial charge in [-0.25, -0.2) is 0 Å². The Balaban J connectivity index is 2.52. The van der Waals surface area contributed by atoms with Gasteiger partial charge in [0.05, 0.1) is 7.11 Å². The second kappa shape index (κ2) is 4.42. The molecule has 16 heavy (non-hydrogen) atoms. The molecule has 1 aromatic heterocycles. The van der Waals surface area contributed by atoms with Crippen LogP contribution in [0.1, 0.15) is 10.4 Å². The summed E-state index contributed by atoms with van der Waals surface area (Å²) in [5, 5.41) is 0. The molecule has 2 aromatic rings. The van der Waals surface area contributed by atoms with E-state index >= 15 is 0 Å². The van der Waals surface area contributed by atoms with E-state index in [0.717, 1.165) is 16.9 Å². The smallest absolute Gasteiger partial charge is 0.120 e. The van der Waals surface area contributed by atoms with Gasteiger partial charge < -0.3 is 4.74 Å². The normalized spacial score (nSPS) is 9.81. The first-order valence-corrected chi connectivity index (χ1v) is 5.77. The van der Waals surface area contributed by atoms with Crippen molar-refractivity contribution in [3.63, 3.8) is 0 Å². The predicted octanol–water partition coefficient (Wildman–Crippen LogP) is 3.71. The van der Waals surface area contributed by atoms with E-state index in [0.29, 0.717) is 0 Å². The highest BCUT2D eigenvalue weighted by Gasteiger charge is 2.04. The molecule has 0 N–H and O–H groups in total. The Morgan fingerprint density at radius 2 is 2.06 bits per heavy atom. The van der Waals surface area contributed by atoms with Crippen LogP contribution in [0.25, 0.3) is 10.4 Å². The summed E-state index contributed by atoms with van der Waals surface area (Å²) in [6.07, 6.45) is 5.42. The molecule has 1 nitrogen and oxygen atoms in total. The molecule has 0 saturated carbocycles. The second-order valence-electron chi connectivity index (χ2n) is 3.50. The van der Waals surface area contributed by atoms with Gasteiger partial charge in [0.1, 0.15) is 5.75 Å². The molecule has 0 aliphatic rings. The van der Waals surface area contributed by atoms with Crippen LogP contribution in [0.4, 0.5) is 0 Å². The lowest BCUT2D eigenvalue weighted by atomic mass is 10.1. The van der Waals surface area contributed by atoms with Crippen LogP contribution in [0, 0.1) is 19.3 Å². The van der Waals surface area contributed by atoms with E-state index in [4.69, 9.17) is 11.2 Å². The molecule has 80 valence electrons. The molecule has 0 saturated heterocycles. The summed E-state index contributed by atoms with van der Waals surface area (Å²) in [6, 6.07) is 10.1. The standard InChI is InChI=1S/C14H12OS/c1-4-11-7-12(9-13(8-11)15-3)14-6-5-10(2)16-14/h1,5-9H,2-3H3. The summed E-state index contributed by atoms with van der Waals surface area (Å²) in [5.74, 6) is 3.45. The van der Waals surface area contributed by atoms with Crippen molar-refractivity contribution in [1.29, 1.82) is 0 Å². The fourth-order valence-corrected chi connectivity index (χ4v) is 2.39. The number of ether oxygens (including phenoxy) is 1. The zero-order valence-corrected chi connectivity index (χ0v) is 10.1. The van der Waals surface area contributed by atoms with E-state index in [1.54, 1.807) is 18.4 Å². The van der Waals surface area contributed by atoms with E-state index in [9.17, 15) is 0 Å². The number of benzene rings is 1. The largest absolute Gasteiger partial charge is 0.497 e. The highest BCUT2D eigenvalue weighted by Crippen LogP contribution is 2.31. The third-order valence-electron chi connectivity index (χ3n) is 2.33. The van der Waals surface area contributed by atoms with Crippen molar-refractivity contribution in [2.24, 2.45) is 0 Å². The molecule has 2 heteroatoms. The van der Waals surface area contributed by atoms with Gasteiger partial charge in [-0.3, -0.25) is 0 Å². The van der Waals surface area contributed by atoms with Gasteiger partial charge >= 0.3 is 0 Å². The summed E-state index contributed by atoms with van der Waals surface area (Å²) in [6.45, 7) is 2.09. The number of thiophene rings is 1. The van der Waals surface area contributed by atoms with Crippen molar-refractivity contribution >= 4 is 11.3 Å². The lowest BCUT2D eigenvalue weighted by molar-refractivity contribution is 0.415. The van der Waals surface area contributed by atoms with E-state index in [1.807, 2.05) is 18.2 Å². The number of terminal acetylenes is 1. The van der Waals surface area contributed by atoms with Crippen molar-refractivity contribution < 1.29 is 4.74 Å². The minimum Gasteiger partial charge on any atom is -0.497 e. The lowest BCUT2D eigenvalue weighted by Gasteiger charge is -2.04. The van der Waals surface area contributed by atoms with Gasteiger partial charge in [0.25, 0.3) is 0 Å². The van der Waals surface area contributed by atoms with Crippen LogP contribution in [0.5, 0.6) is 5.75 Å². The van der Waals surface area contributed by atoms with Crippen LogP contribution in [-0.4, -0.2) is 7.11 Å². The number of hydrogen-bond acceptors (Lipinski definition) is 2.